The summed E-state index contributed by atoms with van der Waals surface area (Å²) >= 11 is 0. The van der Waals surface area contributed by atoms with Crippen molar-refractivity contribution in [3.8, 4) is 22.6 Å². The Morgan fingerprint density at radius 3 is 2.16 bits per heavy atom. The molecule has 3 aromatic rings. The van der Waals surface area contributed by atoms with Gasteiger partial charge in [0.15, 0.2) is 0 Å². The van der Waals surface area contributed by atoms with Crippen LogP contribution in [0.1, 0.15) is 19.7 Å². The third kappa shape index (κ3) is 4.01. The topological polar surface area (TPSA) is 38.9 Å². The summed E-state index contributed by atoms with van der Waals surface area (Å²) < 4.78 is 5.83. The van der Waals surface area contributed by atoms with Gasteiger partial charge in [-0.1, -0.05) is 66.8 Å². The largest absolute Gasteiger partial charge is 0.416 e. The van der Waals surface area contributed by atoms with E-state index < -0.39 is 0 Å². The molecule has 0 fully saturated rings. The van der Waals surface area contributed by atoms with E-state index in [2.05, 4.69) is 34.5 Å². The normalized spacial score (nSPS) is 12.3. The summed E-state index contributed by atoms with van der Waals surface area (Å²) in [5, 5.41) is 8.34. The van der Waals surface area contributed by atoms with Gasteiger partial charge in [-0.05, 0) is 43.2 Å². The van der Waals surface area contributed by atoms with Gasteiger partial charge in [-0.2, -0.15) is 0 Å². The Kier molecular flexibility index (Phi) is 5.37. The van der Waals surface area contributed by atoms with Gasteiger partial charge < -0.3 is 4.42 Å². The number of hydrogen-bond acceptors (Lipinski definition) is 3. The second kappa shape index (κ2) is 8.06. The number of allylic oxidation sites excluding steroid dienone is 6. The second-order valence-corrected chi connectivity index (χ2v) is 5.48. The van der Waals surface area contributed by atoms with E-state index in [1.807, 2.05) is 74.6 Å². The molecule has 0 amide bonds. The van der Waals surface area contributed by atoms with Crippen molar-refractivity contribution in [3.63, 3.8) is 0 Å². The summed E-state index contributed by atoms with van der Waals surface area (Å²) in [6.07, 6.45) is 9.79. The maximum Gasteiger partial charge on any atom is 0.248 e. The molecule has 0 unspecified atom stereocenters. The molecule has 25 heavy (non-hydrogen) atoms. The van der Waals surface area contributed by atoms with Crippen molar-refractivity contribution in [3.05, 3.63) is 90.9 Å². The minimum Gasteiger partial charge on any atom is -0.416 e. The first-order valence-electron chi connectivity index (χ1n) is 8.27. The lowest BCUT2D eigenvalue weighted by molar-refractivity contribution is 0.554. The van der Waals surface area contributed by atoms with E-state index in [1.54, 1.807) is 0 Å². The molecule has 2 aromatic carbocycles. The number of aromatic nitrogens is 2. The third-order valence-electron chi connectivity index (χ3n) is 3.80. The van der Waals surface area contributed by atoms with Crippen LogP contribution in [0, 0.1) is 0 Å². The van der Waals surface area contributed by atoms with Crippen LogP contribution < -0.4 is 0 Å². The molecule has 0 aliphatic heterocycles. The summed E-state index contributed by atoms with van der Waals surface area (Å²) in [5.41, 5.74) is 4.15. The molecule has 0 bridgehead atoms. The van der Waals surface area contributed by atoms with Gasteiger partial charge in [0, 0.05) is 11.1 Å². The van der Waals surface area contributed by atoms with Gasteiger partial charge in [0.05, 0.1) is 0 Å². The highest BCUT2D eigenvalue weighted by Crippen LogP contribution is 2.25. The van der Waals surface area contributed by atoms with Crippen LogP contribution in [0.4, 0.5) is 0 Å². The number of benzene rings is 2. The van der Waals surface area contributed by atoms with Crippen LogP contribution in [-0.2, 0) is 0 Å². The third-order valence-corrected chi connectivity index (χ3v) is 3.80. The maximum absolute atomic E-state index is 5.83. The smallest absolute Gasteiger partial charge is 0.248 e. The molecule has 3 nitrogen and oxygen atoms in total. The van der Waals surface area contributed by atoms with Gasteiger partial charge in [0.25, 0.3) is 0 Å². The van der Waals surface area contributed by atoms with Crippen molar-refractivity contribution in [2.75, 3.05) is 0 Å². The fourth-order valence-electron chi connectivity index (χ4n) is 2.45. The molecule has 0 spiro atoms. The predicted molar refractivity (Wildman–Crippen MR) is 103 cm³/mol. The lowest BCUT2D eigenvalue weighted by atomic mass is 10.0. The van der Waals surface area contributed by atoms with E-state index in [-0.39, 0.29) is 0 Å². The van der Waals surface area contributed by atoms with E-state index in [0.717, 1.165) is 16.7 Å². The lowest BCUT2D eigenvalue weighted by Crippen LogP contribution is -1.80. The highest BCUT2D eigenvalue weighted by atomic mass is 16.4. The Morgan fingerprint density at radius 1 is 0.800 bits per heavy atom. The van der Waals surface area contributed by atoms with E-state index >= 15 is 0 Å². The van der Waals surface area contributed by atoms with Gasteiger partial charge in [0.1, 0.15) is 0 Å². The van der Waals surface area contributed by atoms with Crippen LogP contribution in [0.25, 0.3) is 28.2 Å². The number of hydrogen-bond donors (Lipinski definition) is 0. The molecule has 3 heteroatoms. The van der Waals surface area contributed by atoms with Crippen LogP contribution in [0.2, 0.25) is 0 Å². The minimum absolute atomic E-state index is 0.519. The van der Waals surface area contributed by atoms with Gasteiger partial charge in [-0.25, -0.2) is 0 Å². The van der Waals surface area contributed by atoms with E-state index in [1.165, 1.54) is 5.56 Å². The van der Waals surface area contributed by atoms with Crippen molar-refractivity contribution in [2.24, 2.45) is 0 Å². The number of rotatable bonds is 5. The fraction of sp³-hybridized carbons (Fsp3) is 0.0909. The molecular formula is C22H20N2O. The molecule has 0 atom stereocenters. The highest BCUT2D eigenvalue weighted by molar-refractivity contribution is 5.70. The average molecular weight is 328 g/mol. The van der Waals surface area contributed by atoms with Crippen molar-refractivity contribution in [2.45, 2.75) is 13.8 Å². The van der Waals surface area contributed by atoms with Crippen LogP contribution in [0.5, 0.6) is 0 Å². The van der Waals surface area contributed by atoms with Crippen LogP contribution in [0.15, 0.2) is 89.4 Å². The molecule has 0 saturated heterocycles. The Hall–Kier alpha value is -3.20. The van der Waals surface area contributed by atoms with Crippen molar-refractivity contribution in [1.82, 2.24) is 10.2 Å². The van der Waals surface area contributed by atoms with Gasteiger partial charge >= 0.3 is 0 Å². The average Bonchev–Trinajstić information content (AvgIpc) is 3.16. The van der Waals surface area contributed by atoms with Gasteiger partial charge in [-0.15, -0.1) is 10.2 Å². The van der Waals surface area contributed by atoms with Crippen molar-refractivity contribution in [1.29, 1.82) is 0 Å². The summed E-state index contributed by atoms with van der Waals surface area (Å²) in [4.78, 5) is 0. The van der Waals surface area contributed by atoms with Crippen LogP contribution in [-0.4, -0.2) is 10.2 Å². The summed E-state index contributed by atoms with van der Waals surface area (Å²) in [5.74, 6) is 1.04. The zero-order valence-electron chi connectivity index (χ0n) is 14.4. The first kappa shape index (κ1) is 16.7. The second-order valence-electron chi connectivity index (χ2n) is 5.48. The molecule has 1 heterocycles. The highest BCUT2D eigenvalue weighted by Gasteiger charge is 2.10. The van der Waals surface area contributed by atoms with Gasteiger partial charge in [0.2, 0.25) is 11.8 Å². The molecular weight excluding hydrogens is 308 g/mol. The summed E-state index contributed by atoms with van der Waals surface area (Å²) in [6.45, 7) is 3.93. The van der Waals surface area contributed by atoms with Crippen molar-refractivity contribution < 1.29 is 4.42 Å². The Balaban J connectivity index is 1.82. The van der Waals surface area contributed by atoms with E-state index in [9.17, 15) is 0 Å². The fourth-order valence-corrected chi connectivity index (χ4v) is 2.45. The standard InChI is InChI=1S/C22H20N2O/c1-3-5-7-10-17(4-2)21-23-24-22(25-21)20-15-13-19(14-16-20)18-11-8-6-9-12-18/h3-16H,1-2H3/b5-3+,10-7-,17-4+. The zero-order valence-corrected chi connectivity index (χ0v) is 14.4. The first-order chi connectivity index (χ1) is 12.3. The predicted octanol–water partition coefficient (Wildman–Crippen LogP) is 5.94. The Bertz CT molecular complexity index is 901. The maximum atomic E-state index is 5.83. The number of nitrogens with zero attached hydrogens (tertiary/aromatic N) is 2. The minimum atomic E-state index is 0.519. The molecule has 0 aliphatic rings. The van der Waals surface area contributed by atoms with Crippen LogP contribution >= 0.6 is 0 Å². The first-order valence-corrected chi connectivity index (χ1v) is 8.27. The molecule has 124 valence electrons. The summed E-state index contributed by atoms with van der Waals surface area (Å²) in [6, 6.07) is 18.4. The molecule has 1 aromatic heterocycles. The Labute approximate surface area is 148 Å². The SMILES string of the molecule is C/C=C/C=C\C(=C/C)c1nnc(-c2ccc(-c3ccccc3)cc2)o1. The van der Waals surface area contributed by atoms with E-state index in [0.29, 0.717) is 11.8 Å². The van der Waals surface area contributed by atoms with E-state index in [4.69, 9.17) is 4.42 Å². The molecule has 0 saturated carbocycles. The van der Waals surface area contributed by atoms with Crippen molar-refractivity contribution >= 4 is 5.57 Å². The lowest BCUT2D eigenvalue weighted by Gasteiger charge is -2.02. The zero-order chi connectivity index (χ0) is 17.5. The molecule has 0 aliphatic carbocycles. The van der Waals surface area contributed by atoms with Crippen LogP contribution in [0.3, 0.4) is 0 Å². The quantitative estimate of drug-likeness (QED) is 0.544. The molecule has 0 N–H and O–H groups in total. The molecule has 0 radical (unpaired) electrons. The van der Waals surface area contributed by atoms with Gasteiger partial charge in [-0.3, -0.25) is 0 Å². The monoisotopic (exact) mass is 328 g/mol. The molecule has 3 rings (SSSR count). The summed E-state index contributed by atoms with van der Waals surface area (Å²) in [7, 11) is 0. The Morgan fingerprint density at radius 2 is 1.48 bits per heavy atom.